The van der Waals surface area contributed by atoms with Crippen LogP contribution in [0.25, 0.3) is 0 Å². The van der Waals surface area contributed by atoms with E-state index in [0.29, 0.717) is 13.1 Å². The molecule has 17 heavy (non-hydrogen) atoms. The number of likely N-dealkylation sites (tertiary alicyclic amines) is 1. The van der Waals surface area contributed by atoms with Gasteiger partial charge in [0.2, 0.25) is 0 Å². The molecule has 1 aromatic carbocycles. The fourth-order valence-electron chi connectivity index (χ4n) is 1.84. The third kappa shape index (κ3) is 2.97. The van der Waals surface area contributed by atoms with Gasteiger partial charge >= 0.3 is 6.09 Å². The van der Waals surface area contributed by atoms with Gasteiger partial charge in [0.1, 0.15) is 6.61 Å². The summed E-state index contributed by atoms with van der Waals surface area (Å²) in [6, 6.07) is 11.7. The molecule has 0 unspecified atom stereocenters. The summed E-state index contributed by atoms with van der Waals surface area (Å²) >= 11 is 0. The summed E-state index contributed by atoms with van der Waals surface area (Å²) in [6.07, 6.45) is 0.420. The Balaban J connectivity index is 1.81. The quantitative estimate of drug-likeness (QED) is 0.782. The maximum Gasteiger partial charge on any atom is 0.410 e. The van der Waals surface area contributed by atoms with Crippen molar-refractivity contribution in [1.82, 2.24) is 4.90 Å². The second-order valence-electron chi connectivity index (χ2n) is 4.10. The van der Waals surface area contributed by atoms with Gasteiger partial charge in [0.15, 0.2) is 0 Å². The highest BCUT2D eigenvalue weighted by Gasteiger charge is 2.26. The molecule has 1 saturated heterocycles. The SMILES string of the molecule is N#C[C@@H]1CCN(C(=O)OCc2ccccc2)C1. The highest BCUT2D eigenvalue weighted by atomic mass is 16.6. The van der Waals surface area contributed by atoms with Crippen molar-refractivity contribution in [2.24, 2.45) is 5.92 Å². The lowest BCUT2D eigenvalue weighted by Crippen LogP contribution is -2.29. The van der Waals surface area contributed by atoms with Crippen LogP contribution in [-0.4, -0.2) is 24.1 Å². The molecule has 0 spiro atoms. The number of carbonyl (C=O) groups is 1. The number of amides is 1. The first kappa shape index (κ1) is 11.5. The number of ether oxygens (including phenoxy) is 1. The van der Waals surface area contributed by atoms with Crippen molar-refractivity contribution in [3.63, 3.8) is 0 Å². The molecule has 88 valence electrons. The zero-order chi connectivity index (χ0) is 12.1. The van der Waals surface area contributed by atoms with E-state index in [1.54, 1.807) is 4.90 Å². The van der Waals surface area contributed by atoms with E-state index < -0.39 is 0 Å². The second kappa shape index (κ2) is 5.35. The predicted octanol–water partition coefficient (Wildman–Crippen LogP) is 2.17. The molecule has 1 aliphatic heterocycles. The number of hydrogen-bond acceptors (Lipinski definition) is 3. The summed E-state index contributed by atoms with van der Waals surface area (Å²) in [5, 5.41) is 8.74. The van der Waals surface area contributed by atoms with Crippen LogP contribution in [0.2, 0.25) is 0 Å². The van der Waals surface area contributed by atoms with Crippen molar-refractivity contribution in [2.75, 3.05) is 13.1 Å². The molecule has 1 amide bonds. The van der Waals surface area contributed by atoms with Crippen LogP contribution in [0.3, 0.4) is 0 Å². The molecule has 1 aromatic rings. The summed E-state index contributed by atoms with van der Waals surface area (Å²) < 4.78 is 5.18. The Morgan fingerprint density at radius 3 is 2.88 bits per heavy atom. The largest absolute Gasteiger partial charge is 0.445 e. The molecule has 0 aliphatic carbocycles. The van der Waals surface area contributed by atoms with Gasteiger partial charge in [0.25, 0.3) is 0 Å². The molecule has 1 fully saturated rings. The van der Waals surface area contributed by atoms with E-state index in [2.05, 4.69) is 6.07 Å². The molecule has 2 rings (SSSR count). The molecule has 1 atom stereocenters. The Morgan fingerprint density at radius 2 is 2.24 bits per heavy atom. The van der Waals surface area contributed by atoms with Crippen molar-refractivity contribution < 1.29 is 9.53 Å². The van der Waals surface area contributed by atoms with Gasteiger partial charge in [0, 0.05) is 13.1 Å². The molecule has 0 saturated carbocycles. The standard InChI is InChI=1S/C13H14N2O2/c14-8-12-6-7-15(9-12)13(16)17-10-11-4-2-1-3-5-11/h1-5,12H,6-7,9-10H2/t12-/m0/s1. The Kier molecular flexibility index (Phi) is 3.61. The molecule has 4 nitrogen and oxygen atoms in total. The lowest BCUT2D eigenvalue weighted by Gasteiger charge is -2.15. The number of nitriles is 1. The smallest absolute Gasteiger partial charge is 0.410 e. The van der Waals surface area contributed by atoms with E-state index in [0.717, 1.165) is 12.0 Å². The molecule has 1 heterocycles. The minimum absolute atomic E-state index is 0.0423. The highest BCUT2D eigenvalue weighted by molar-refractivity contribution is 5.68. The molecular weight excluding hydrogens is 216 g/mol. The van der Waals surface area contributed by atoms with Crippen LogP contribution >= 0.6 is 0 Å². The van der Waals surface area contributed by atoms with E-state index in [4.69, 9.17) is 10.00 Å². The first-order valence-corrected chi connectivity index (χ1v) is 5.65. The zero-order valence-electron chi connectivity index (χ0n) is 9.50. The minimum Gasteiger partial charge on any atom is -0.445 e. The number of rotatable bonds is 2. The van der Waals surface area contributed by atoms with Gasteiger partial charge in [-0.2, -0.15) is 5.26 Å². The number of benzene rings is 1. The first-order valence-electron chi connectivity index (χ1n) is 5.65. The van der Waals surface area contributed by atoms with Crippen molar-refractivity contribution in [3.8, 4) is 6.07 Å². The molecule has 0 N–H and O–H groups in total. The van der Waals surface area contributed by atoms with Gasteiger partial charge in [-0.05, 0) is 12.0 Å². The molecule has 0 bridgehead atoms. The van der Waals surface area contributed by atoms with Crippen molar-refractivity contribution in [3.05, 3.63) is 35.9 Å². The summed E-state index contributed by atoms with van der Waals surface area (Å²) in [6.45, 7) is 1.39. The molecule has 0 radical (unpaired) electrons. The minimum atomic E-state index is -0.327. The van der Waals surface area contributed by atoms with Crippen LogP contribution in [0.15, 0.2) is 30.3 Å². The fraction of sp³-hybridized carbons (Fsp3) is 0.385. The van der Waals surface area contributed by atoms with Crippen LogP contribution in [-0.2, 0) is 11.3 Å². The third-order valence-corrected chi connectivity index (χ3v) is 2.83. The maximum absolute atomic E-state index is 11.7. The molecule has 1 aliphatic rings. The molecule has 0 aromatic heterocycles. The second-order valence-corrected chi connectivity index (χ2v) is 4.10. The summed E-state index contributed by atoms with van der Waals surface area (Å²) in [4.78, 5) is 13.3. The number of carbonyl (C=O) groups excluding carboxylic acids is 1. The van der Waals surface area contributed by atoms with Crippen molar-refractivity contribution in [2.45, 2.75) is 13.0 Å². The molecular formula is C13H14N2O2. The third-order valence-electron chi connectivity index (χ3n) is 2.83. The number of nitrogens with zero attached hydrogens (tertiary/aromatic N) is 2. The van der Waals surface area contributed by atoms with Crippen molar-refractivity contribution in [1.29, 1.82) is 5.26 Å². The fourth-order valence-corrected chi connectivity index (χ4v) is 1.84. The van der Waals surface area contributed by atoms with E-state index in [-0.39, 0.29) is 18.6 Å². The predicted molar refractivity (Wildman–Crippen MR) is 61.9 cm³/mol. The summed E-state index contributed by atoms with van der Waals surface area (Å²) in [7, 11) is 0. The maximum atomic E-state index is 11.7. The Morgan fingerprint density at radius 1 is 1.47 bits per heavy atom. The van der Waals surface area contributed by atoms with Gasteiger partial charge in [-0.25, -0.2) is 4.79 Å². The molecule has 4 heteroatoms. The van der Waals surface area contributed by atoms with E-state index in [1.807, 2.05) is 30.3 Å². The lowest BCUT2D eigenvalue weighted by atomic mass is 10.1. The Bertz CT molecular complexity index is 425. The van der Waals surface area contributed by atoms with Gasteiger partial charge in [-0.15, -0.1) is 0 Å². The van der Waals surface area contributed by atoms with Gasteiger partial charge in [-0.3, -0.25) is 0 Å². The zero-order valence-corrected chi connectivity index (χ0v) is 9.50. The summed E-state index contributed by atoms with van der Waals surface area (Å²) in [5.41, 5.74) is 0.969. The monoisotopic (exact) mass is 230 g/mol. The van der Waals surface area contributed by atoms with E-state index >= 15 is 0 Å². The van der Waals surface area contributed by atoms with Crippen LogP contribution in [0.5, 0.6) is 0 Å². The van der Waals surface area contributed by atoms with Gasteiger partial charge in [0.05, 0.1) is 12.0 Å². The average Bonchev–Trinajstić information content (AvgIpc) is 2.86. The highest BCUT2D eigenvalue weighted by Crippen LogP contribution is 2.16. The Labute approximate surface area is 100 Å². The van der Waals surface area contributed by atoms with Crippen molar-refractivity contribution >= 4 is 6.09 Å². The van der Waals surface area contributed by atoms with E-state index in [9.17, 15) is 4.79 Å². The lowest BCUT2D eigenvalue weighted by molar-refractivity contribution is 0.104. The van der Waals surface area contributed by atoms with Crippen LogP contribution in [0, 0.1) is 17.2 Å². The summed E-state index contributed by atoms with van der Waals surface area (Å²) in [5.74, 6) is -0.0423. The first-order chi connectivity index (χ1) is 8.29. The Hall–Kier alpha value is -2.02. The van der Waals surface area contributed by atoms with Crippen LogP contribution < -0.4 is 0 Å². The van der Waals surface area contributed by atoms with Crippen LogP contribution in [0.4, 0.5) is 4.79 Å². The number of hydrogen-bond donors (Lipinski definition) is 0. The van der Waals surface area contributed by atoms with Gasteiger partial charge < -0.3 is 9.64 Å². The van der Waals surface area contributed by atoms with E-state index in [1.165, 1.54) is 0 Å². The van der Waals surface area contributed by atoms with Crippen LogP contribution in [0.1, 0.15) is 12.0 Å². The van der Waals surface area contributed by atoms with Gasteiger partial charge in [-0.1, -0.05) is 30.3 Å². The topological polar surface area (TPSA) is 53.3 Å². The normalized spacial score (nSPS) is 18.8. The average molecular weight is 230 g/mol.